The number of nitrogens with one attached hydrogen (secondary N) is 2. The van der Waals surface area contributed by atoms with Crippen molar-refractivity contribution in [3.63, 3.8) is 0 Å². The summed E-state index contributed by atoms with van der Waals surface area (Å²) in [5.74, 6) is -0.594. The van der Waals surface area contributed by atoms with Crippen LogP contribution in [0.2, 0.25) is 5.02 Å². The fourth-order valence-corrected chi connectivity index (χ4v) is 6.43. The SMILES string of the molecule is Cc1ccc(S(=O)(=O)N(CC(=O)Nc2ccc(S(=O)(=O)Nc3ccc(Cl)cc3)cc2)c2ccccc2C)cc1. The molecule has 4 aromatic carbocycles. The molecule has 8 nitrogen and oxygen atoms in total. The molecule has 0 saturated heterocycles. The molecule has 0 radical (unpaired) electrons. The third-order valence-corrected chi connectivity index (χ3v) is 9.25. The molecule has 0 aliphatic carbocycles. The van der Waals surface area contributed by atoms with E-state index in [1.54, 1.807) is 67.6 Å². The van der Waals surface area contributed by atoms with Crippen LogP contribution < -0.4 is 14.3 Å². The van der Waals surface area contributed by atoms with Crippen molar-refractivity contribution in [1.29, 1.82) is 0 Å². The normalized spacial score (nSPS) is 11.6. The van der Waals surface area contributed by atoms with Crippen LogP contribution in [0.15, 0.2) is 107 Å². The number of carbonyl (C=O) groups is 1. The molecule has 0 spiro atoms. The number of anilines is 3. The zero-order valence-corrected chi connectivity index (χ0v) is 23.5. The third kappa shape index (κ3) is 6.78. The van der Waals surface area contributed by atoms with Gasteiger partial charge >= 0.3 is 0 Å². The molecule has 202 valence electrons. The monoisotopic (exact) mass is 583 g/mol. The minimum absolute atomic E-state index is 0.0149. The maximum Gasteiger partial charge on any atom is 0.264 e. The topological polar surface area (TPSA) is 113 Å². The van der Waals surface area contributed by atoms with Gasteiger partial charge in [-0.1, -0.05) is 47.5 Å². The summed E-state index contributed by atoms with van der Waals surface area (Å²) in [6, 6.07) is 25.1. The minimum atomic E-state index is -4.06. The van der Waals surface area contributed by atoms with Crippen LogP contribution in [0.1, 0.15) is 11.1 Å². The maximum atomic E-state index is 13.6. The Morgan fingerprint density at radius 2 is 1.31 bits per heavy atom. The smallest absolute Gasteiger partial charge is 0.264 e. The first kappa shape index (κ1) is 28.2. The van der Waals surface area contributed by atoms with E-state index in [0.717, 1.165) is 9.87 Å². The third-order valence-electron chi connectivity index (χ3n) is 5.83. The number of hydrogen-bond acceptors (Lipinski definition) is 5. The Hall–Kier alpha value is -3.86. The number of halogens is 1. The van der Waals surface area contributed by atoms with E-state index in [1.807, 2.05) is 6.92 Å². The summed E-state index contributed by atoms with van der Waals surface area (Å²) in [6.45, 7) is 3.13. The molecule has 0 fully saturated rings. The summed E-state index contributed by atoms with van der Waals surface area (Å²) in [5, 5.41) is 3.13. The molecule has 0 aliphatic heterocycles. The molecule has 0 saturated carbocycles. The van der Waals surface area contributed by atoms with Crippen LogP contribution in [0.3, 0.4) is 0 Å². The van der Waals surface area contributed by atoms with Gasteiger partial charge in [-0.05, 0) is 86.1 Å². The van der Waals surface area contributed by atoms with Crippen molar-refractivity contribution in [2.75, 3.05) is 20.9 Å². The lowest BCUT2D eigenvalue weighted by Gasteiger charge is -2.25. The summed E-state index contributed by atoms with van der Waals surface area (Å²) < 4.78 is 56.1. The highest BCUT2D eigenvalue weighted by Crippen LogP contribution is 2.27. The van der Waals surface area contributed by atoms with Crippen LogP contribution in [-0.2, 0) is 24.8 Å². The van der Waals surface area contributed by atoms with Gasteiger partial charge in [0.25, 0.3) is 20.0 Å². The quantitative estimate of drug-likeness (QED) is 0.267. The number of hydrogen-bond donors (Lipinski definition) is 2. The van der Waals surface area contributed by atoms with E-state index in [1.165, 1.54) is 36.4 Å². The van der Waals surface area contributed by atoms with Crippen LogP contribution >= 0.6 is 11.6 Å². The molecule has 0 aromatic heterocycles. The van der Waals surface area contributed by atoms with E-state index >= 15 is 0 Å². The number of rotatable bonds is 9. The van der Waals surface area contributed by atoms with E-state index in [4.69, 9.17) is 11.6 Å². The van der Waals surface area contributed by atoms with E-state index in [-0.39, 0.29) is 9.79 Å². The predicted octanol–water partition coefficient (Wildman–Crippen LogP) is 5.59. The minimum Gasteiger partial charge on any atom is -0.325 e. The fraction of sp³-hybridized carbons (Fsp3) is 0.107. The summed E-state index contributed by atoms with van der Waals surface area (Å²) in [5.41, 5.74) is 2.63. The van der Waals surface area contributed by atoms with Gasteiger partial charge in [-0.15, -0.1) is 0 Å². The molecule has 4 aromatic rings. The summed E-state index contributed by atoms with van der Waals surface area (Å²) in [7, 11) is -7.94. The van der Waals surface area contributed by atoms with Crippen molar-refractivity contribution >= 4 is 54.6 Å². The van der Waals surface area contributed by atoms with Crippen LogP contribution in [0.25, 0.3) is 0 Å². The van der Waals surface area contributed by atoms with Gasteiger partial charge in [0.1, 0.15) is 6.54 Å². The average molecular weight is 584 g/mol. The Bertz CT molecular complexity index is 1690. The van der Waals surface area contributed by atoms with Gasteiger partial charge in [0.15, 0.2) is 0 Å². The van der Waals surface area contributed by atoms with E-state index in [9.17, 15) is 21.6 Å². The van der Waals surface area contributed by atoms with E-state index in [2.05, 4.69) is 10.0 Å². The number of benzene rings is 4. The second-order valence-corrected chi connectivity index (χ2v) is 12.8. The zero-order chi connectivity index (χ0) is 28.2. The molecule has 0 heterocycles. The first-order valence-corrected chi connectivity index (χ1v) is 15.1. The Labute approximate surface area is 233 Å². The Balaban J connectivity index is 1.53. The Kier molecular flexibility index (Phi) is 8.29. The van der Waals surface area contributed by atoms with E-state index in [0.29, 0.717) is 27.6 Å². The number of amides is 1. The number of para-hydroxylation sites is 1. The maximum absolute atomic E-state index is 13.6. The highest BCUT2D eigenvalue weighted by molar-refractivity contribution is 7.93. The zero-order valence-electron chi connectivity index (χ0n) is 21.1. The number of nitrogens with zero attached hydrogens (tertiary/aromatic N) is 1. The molecule has 4 rings (SSSR count). The number of sulfonamides is 2. The predicted molar refractivity (Wildman–Crippen MR) is 154 cm³/mol. The second-order valence-electron chi connectivity index (χ2n) is 8.80. The van der Waals surface area contributed by atoms with Gasteiger partial charge in [0.05, 0.1) is 15.5 Å². The highest BCUT2D eigenvalue weighted by atomic mass is 35.5. The lowest BCUT2D eigenvalue weighted by atomic mass is 10.2. The van der Waals surface area contributed by atoms with E-state index < -0.39 is 32.5 Å². The first-order chi connectivity index (χ1) is 18.5. The molecule has 0 atom stereocenters. The summed E-state index contributed by atoms with van der Waals surface area (Å²) >= 11 is 5.85. The van der Waals surface area contributed by atoms with Gasteiger partial charge < -0.3 is 5.32 Å². The summed E-state index contributed by atoms with van der Waals surface area (Å²) in [6.07, 6.45) is 0. The molecule has 0 unspecified atom stereocenters. The first-order valence-electron chi connectivity index (χ1n) is 11.8. The second kappa shape index (κ2) is 11.5. The van der Waals surface area contributed by atoms with Crippen molar-refractivity contribution in [3.05, 3.63) is 113 Å². The fourth-order valence-electron chi connectivity index (χ4n) is 3.76. The average Bonchev–Trinajstić information content (AvgIpc) is 2.89. The molecule has 0 aliphatic rings. The lowest BCUT2D eigenvalue weighted by molar-refractivity contribution is -0.114. The molecule has 39 heavy (non-hydrogen) atoms. The Morgan fingerprint density at radius 3 is 1.92 bits per heavy atom. The van der Waals surface area contributed by atoms with Crippen LogP contribution in [-0.4, -0.2) is 29.3 Å². The van der Waals surface area contributed by atoms with Gasteiger partial charge in [-0.2, -0.15) is 0 Å². The molecule has 1 amide bonds. The van der Waals surface area contributed by atoms with Gasteiger partial charge in [0, 0.05) is 16.4 Å². The molecule has 2 N–H and O–H groups in total. The van der Waals surface area contributed by atoms with Crippen molar-refractivity contribution in [2.45, 2.75) is 23.6 Å². The Morgan fingerprint density at radius 1 is 0.744 bits per heavy atom. The summed E-state index contributed by atoms with van der Waals surface area (Å²) in [4.78, 5) is 13.1. The van der Waals surface area contributed by atoms with Crippen LogP contribution in [0, 0.1) is 13.8 Å². The van der Waals surface area contributed by atoms with Crippen molar-refractivity contribution in [1.82, 2.24) is 0 Å². The highest BCUT2D eigenvalue weighted by Gasteiger charge is 2.28. The van der Waals surface area contributed by atoms with Crippen molar-refractivity contribution < 1.29 is 21.6 Å². The van der Waals surface area contributed by atoms with Crippen LogP contribution in [0.5, 0.6) is 0 Å². The van der Waals surface area contributed by atoms with Gasteiger partial charge in [0.2, 0.25) is 5.91 Å². The number of aryl methyl sites for hydroxylation is 2. The van der Waals surface area contributed by atoms with Gasteiger partial charge in [-0.3, -0.25) is 13.8 Å². The molecular weight excluding hydrogens is 558 g/mol. The molecular formula is C28H26ClN3O5S2. The van der Waals surface area contributed by atoms with Crippen molar-refractivity contribution in [3.8, 4) is 0 Å². The van der Waals surface area contributed by atoms with Crippen LogP contribution in [0.4, 0.5) is 17.1 Å². The standard InChI is InChI=1S/C28H26ClN3O5S2/c1-20-7-15-26(16-8-20)39(36,37)32(27-6-4-3-5-21(27)2)19-28(33)30-23-13-17-25(18-14-23)38(34,35)31-24-11-9-22(29)10-12-24/h3-18,31H,19H2,1-2H3,(H,30,33). The largest absolute Gasteiger partial charge is 0.325 e. The molecule has 0 bridgehead atoms. The lowest BCUT2D eigenvalue weighted by Crippen LogP contribution is -2.38. The molecule has 11 heteroatoms. The number of carbonyl (C=O) groups excluding carboxylic acids is 1. The van der Waals surface area contributed by atoms with Crippen molar-refractivity contribution in [2.24, 2.45) is 0 Å². The van der Waals surface area contributed by atoms with Gasteiger partial charge in [-0.25, -0.2) is 16.8 Å².